The Balaban J connectivity index is 1.13. The molecule has 3 heteroatoms. The van der Waals surface area contributed by atoms with Crippen molar-refractivity contribution in [2.45, 2.75) is 26.2 Å². The van der Waals surface area contributed by atoms with Crippen molar-refractivity contribution in [3.05, 3.63) is 210 Å². The molecule has 2 heterocycles. The fraction of sp³-hybridized carbons (Fsp3) is 0.0769. The summed E-state index contributed by atoms with van der Waals surface area (Å²) in [5, 5.41) is 2.45. The van der Waals surface area contributed by atoms with E-state index in [-0.39, 0.29) is 5.41 Å². The van der Waals surface area contributed by atoms with Gasteiger partial charge in [-0.05, 0) is 90.3 Å². The molecular formula is C52H39N3. The summed E-state index contributed by atoms with van der Waals surface area (Å²) in [5.41, 5.74) is 13.8. The molecule has 0 aliphatic carbocycles. The highest BCUT2D eigenvalue weighted by Crippen LogP contribution is 2.41. The summed E-state index contributed by atoms with van der Waals surface area (Å²) < 4.78 is 2.38. The third-order valence-corrected chi connectivity index (χ3v) is 10.7. The first-order valence-corrected chi connectivity index (χ1v) is 18.8. The van der Waals surface area contributed by atoms with E-state index in [0.29, 0.717) is 5.82 Å². The van der Waals surface area contributed by atoms with Gasteiger partial charge in [-0.3, -0.25) is 0 Å². The fourth-order valence-corrected chi connectivity index (χ4v) is 7.86. The van der Waals surface area contributed by atoms with E-state index in [1.165, 1.54) is 38.5 Å². The quantitative estimate of drug-likeness (QED) is 0.161. The fourth-order valence-electron chi connectivity index (χ4n) is 7.86. The molecule has 0 aliphatic rings. The number of hydrogen-bond donors (Lipinski definition) is 0. The van der Waals surface area contributed by atoms with Gasteiger partial charge in [0.1, 0.15) is 0 Å². The van der Waals surface area contributed by atoms with E-state index in [2.05, 4.69) is 165 Å². The molecule has 0 amide bonds. The van der Waals surface area contributed by atoms with Crippen LogP contribution in [0.3, 0.4) is 0 Å². The monoisotopic (exact) mass is 705 g/mol. The van der Waals surface area contributed by atoms with Crippen LogP contribution in [0.1, 0.15) is 41.7 Å². The molecule has 9 rings (SSSR count). The maximum Gasteiger partial charge on any atom is 0.160 e. The van der Waals surface area contributed by atoms with Gasteiger partial charge in [0.25, 0.3) is 0 Å². The molecule has 0 unspecified atom stereocenters. The highest BCUT2D eigenvalue weighted by Gasteiger charge is 2.28. The molecule has 0 atom stereocenters. The van der Waals surface area contributed by atoms with Crippen LogP contribution in [-0.2, 0) is 5.41 Å². The second-order valence-electron chi connectivity index (χ2n) is 14.6. The van der Waals surface area contributed by atoms with E-state index in [4.69, 9.17) is 9.97 Å². The van der Waals surface area contributed by atoms with Crippen molar-refractivity contribution in [2.75, 3.05) is 0 Å². The minimum atomic E-state index is -0.294. The third kappa shape index (κ3) is 6.39. The summed E-state index contributed by atoms with van der Waals surface area (Å²) in [6.45, 7) is 6.88. The summed E-state index contributed by atoms with van der Waals surface area (Å²) in [4.78, 5) is 10.1. The van der Waals surface area contributed by atoms with Gasteiger partial charge in [0.15, 0.2) is 5.82 Å². The molecule has 0 spiro atoms. The molecule has 0 N–H and O–H groups in total. The average molecular weight is 706 g/mol. The van der Waals surface area contributed by atoms with Crippen molar-refractivity contribution in [3.63, 3.8) is 0 Å². The van der Waals surface area contributed by atoms with E-state index in [9.17, 15) is 0 Å². The van der Waals surface area contributed by atoms with Gasteiger partial charge in [-0.2, -0.15) is 0 Å². The Kier molecular flexibility index (Phi) is 8.65. The van der Waals surface area contributed by atoms with Crippen LogP contribution in [0.25, 0.3) is 61.4 Å². The van der Waals surface area contributed by atoms with Gasteiger partial charge in [0, 0.05) is 49.7 Å². The van der Waals surface area contributed by atoms with Crippen LogP contribution in [0.5, 0.6) is 0 Å². The van der Waals surface area contributed by atoms with Crippen molar-refractivity contribution >= 4 is 21.8 Å². The maximum absolute atomic E-state index is 5.07. The number of para-hydroxylation sites is 1. The molecule has 0 saturated carbocycles. The van der Waals surface area contributed by atoms with E-state index in [1.807, 2.05) is 54.6 Å². The number of fused-ring (bicyclic) bond motifs is 3. The van der Waals surface area contributed by atoms with Gasteiger partial charge in [0.05, 0.1) is 22.4 Å². The summed E-state index contributed by atoms with van der Waals surface area (Å²) in [6, 6.07) is 63.7. The van der Waals surface area contributed by atoms with Crippen LogP contribution in [0.2, 0.25) is 0 Å². The van der Waals surface area contributed by atoms with Gasteiger partial charge < -0.3 is 4.57 Å². The SMILES string of the molecule is Cc1cc2c(cc1C(C)(C)c1ccccc1C#Cc1ccccc1)c1ccccc1n2-c1ccc(-c2nc(-c3ccccc3)cc(-c3ccccc3)n2)cc1. The smallest absolute Gasteiger partial charge is 0.160 e. The second-order valence-corrected chi connectivity index (χ2v) is 14.6. The summed E-state index contributed by atoms with van der Waals surface area (Å²) in [7, 11) is 0. The summed E-state index contributed by atoms with van der Waals surface area (Å²) >= 11 is 0. The van der Waals surface area contributed by atoms with Gasteiger partial charge in [-0.15, -0.1) is 0 Å². The first kappa shape index (κ1) is 33.8. The standard InChI is InChI=1S/C52H39N3/c1-36-33-50-44(34-46(36)52(2,3)45-25-15-13-19-38(45)28-27-37-17-7-4-8-18-37)43-24-14-16-26-49(43)55(50)42-31-29-41(30-32-42)51-53-47(39-20-9-5-10-21-39)35-48(54-51)40-22-11-6-12-23-40/h4-26,29-35H,1-3H3. The molecule has 55 heavy (non-hydrogen) atoms. The minimum Gasteiger partial charge on any atom is -0.309 e. The molecule has 0 fully saturated rings. The van der Waals surface area contributed by atoms with Crippen LogP contribution >= 0.6 is 0 Å². The Labute approximate surface area is 322 Å². The van der Waals surface area contributed by atoms with E-state index in [1.54, 1.807) is 0 Å². The Hall–Kier alpha value is -7.02. The minimum absolute atomic E-state index is 0.294. The molecule has 0 saturated heterocycles. The highest BCUT2D eigenvalue weighted by atomic mass is 15.0. The number of nitrogens with zero attached hydrogens (tertiary/aromatic N) is 3. The van der Waals surface area contributed by atoms with Gasteiger partial charge in [-0.25, -0.2) is 9.97 Å². The molecule has 9 aromatic rings. The zero-order valence-electron chi connectivity index (χ0n) is 31.2. The Morgan fingerprint density at radius 3 is 1.73 bits per heavy atom. The summed E-state index contributed by atoms with van der Waals surface area (Å²) in [5.74, 6) is 7.58. The summed E-state index contributed by atoms with van der Waals surface area (Å²) in [6.07, 6.45) is 0. The average Bonchev–Trinajstić information content (AvgIpc) is 3.56. The van der Waals surface area contributed by atoms with E-state index < -0.39 is 0 Å². The predicted octanol–water partition coefficient (Wildman–Crippen LogP) is 12.6. The molecule has 3 nitrogen and oxygen atoms in total. The number of rotatable bonds is 6. The first-order chi connectivity index (χ1) is 26.9. The topological polar surface area (TPSA) is 30.7 Å². The lowest BCUT2D eigenvalue weighted by Crippen LogP contribution is -2.21. The van der Waals surface area contributed by atoms with Crippen LogP contribution in [0.4, 0.5) is 0 Å². The number of aryl methyl sites for hydroxylation is 1. The normalized spacial score (nSPS) is 11.4. The maximum atomic E-state index is 5.07. The molecule has 0 aliphatic heterocycles. The van der Waals surface area contributed by atoms with E-state index >= 15 is 0 Å². The molecule has 7 aromatic carbocycles. The highest BCUT2D eigenvalue weighted by molar-refractivity contribution is 6.10. The lowest BCUT2D eigenvalue weighted by atomic mass is 9.74. The van der Waals surface area contributed by atoms with Crippen molar-refractivity contribution in [2.24, 2.45) is 0 Å². The van der Waals surface area contributed by atoms with Crippen LogP contribution in [-0.4, -0.2) is 14.5 Å². The van der Waals surface area contributed by atoms with Crippen molar-refractivity contribution < 1.29 is 0 Å². The zero-order valence-corrected chi connectivity index (χ0v) is 31.2. The van der Waals surface area contributed by atoms with Gasteiger partial charge >= 0.3 is 0 Å². The molecule has 0 bridgehead atoms. The predicted molar refractivity (Wildman–Crippen MR) is 228 cm³/mol. The molecular weight excluding hydrogens is 667 g/mol. The molecule has 262 valence electrons. The number of aromatic nitrogens is 3. The van der Waals surface area contributed by atoms with E-state index in [0.717, 1.165) is 44.9 Å². The molecule has 0 radical (unpaired) electrons. The van der Waals surface area contributed by atoms with Crippen molar-refractivity contribution in [1.29, 1.82) is 0 Å². The Morgan fingerprint density at radius 1 is 0.473 bits per heavy atom. The van der Waals surface area contributed by atoms with Crippen LogP contribution in [0.15, 0.2) is 182 Å². The second kappa shape index (κ2) is 14.1. The van der Waals surface area contributed by atoms with Crippen LogP contribution in [0, 0.1) is 18.8 Å². The first-order valence-electron chi connectivity index (χ1n) is 18.8. The van der Waals surface area contributed by atoms with Crippen molar-refractivity contribution in [1.82, 2.24) is 14.5 Å². The molecule has 2 aromatic heterocycles. The van der Waals surface area contributed by atoms with Gasteiger partial charge in [0.2, 0.25) is 0 Å². The largest absolute Gasteiger partial charge is 0.309 e. The number of benzene rings is 7. The van der Waals surface area contributed by atoms with Crippen molar-refractivity contribution in [3.8, 4) is 51.4 Å². The Morgan fingerprint density at radius 2 is 1.05 bits per heavy atom. The third-order valence-electron chi connectivity index (χ3n) is 10.7. The van der Waals surface area contributed by atoms with Gasteiger partial charge in [-0.1, -0.05) is 141 Å². The zero-order chi connectivity index (χ0) is 37.4. The lowest BCUT2D eigenvalue weighted by Gasteiger charge is -2.29. The number of hydrogen-bond acceptors (Lipinski definition) is 2. The Bertz CT molecular complexity index is 2820. The lowest BCUT2D eigenvalue weighted by molar-refractivity contribution is 0.635. The van der Waals surface area contributed by atoms with Crippen LogP contribution < -0.4 is 0 Å².